The Balaban J connectivity index is 2.77. The maximum Gasteiger partial charge on any atom is 0.144 e. The Kier molecular flexibility index (Phi) is 5.69. The molecule has 1 aromatic rings. The monoisotopic (exact) mass is 287 g/mol. The topological polar surface area (TPSA) is 47.0 Å². The minimum absolute atomic E-state index is 0.670. The van der Waals surface area contributed by atoms with Crippen molar-refractivity contribution < 1.29 is 4.74 Å². The number of nitrogens with zero attached hydrogens (tertiary/aromatic N) is 2. The van der Waals surface area contributed by atoms with Crippen molar-refractivity contribution in [3.63, 3.8) is 0 Å². The molecule has 0 aliphatic heterocycles. The van der Waals surface area contributed by atoms with Crippen LogP contribution in [-0.4, -0.2) is 29.7 Å². The van der Waals surface area contributed by atoms with Gasteiger partial charge in [-0.05, 0) is 36.7 Å². The Morgan fingerprint density at radius 1 is 1.31 bits per heavy atom. The average molecular weight is 288 g/mol. The first-order valence-corrected chi connectivity index (χ1v) is 6.33. The fourth-order valence-corrected chi connectivity index (χ4v) is 1.64. The lowest BCUT2D eigenvalue weighted by Gasteiger charge is -2.09. The summed E-state index contributed by atoms with van der Waals surface area (Å²) in [4.78, 5) is 8.86. The average Bonchev–Trinajstić information content (AvgIpc) is 2.26. The van der Waals surface area contributed by atoms with Crippen LogP contribution in [0, 0.1) is 6.92 Å². The van der Waals surface area contributed by atoms with Crippen molar-refractivity contribution in [2.24, 2.45) is 0 Å². The minimum Gasteiger partial charge on any atom is -0.381 e. The molecule has 16 heavy (non-hydrogen) atoms. The number of nitrogens with one attached hydrogen (secondary N) is 1. The molecule has 0 amide bonds. The molecule has 1 N–H and O–H groups in total. The molecule has 90 valence electrons. The van der Waals surface area contributed by atoms with Gasteiger partial charge in [0.15, 0.2) is 0 Å². The molecule has 0 saturated carbocycles. The zero-order valence-corrected chi connectivity index (χ0v) is 11.6. The summed E-state index contributed by atoms with van der Waals surface area (Å²) in [5.41, 5.74) is 0.956. The van der Waals surface area contributed by atoms with Crippen molar-refractivity contribution >= 4 is 21.7 Å². The normalized spacial score (nSPS) is 10.5. The van der Waals surface area contributed by atoms with Crippen LogP contribution in [0.3, 0.4) is 0 Å². The van der Waals surface area contributed by atoms with E-state index in [9.17, 15) is 0 Å². The molecule has 5 heteroatoms. The van der Waals surface area contributed by atoms with Gasteiger partial charge in [-0.15, -0.1) is 0 Å². The van der Waals surface area contributed by atoms with Crippen molar-refractivity contribution in [1.82, 2.24) is 9.97 Å². The second-order valence-corrected chi connectivity index (χ2v) is 4.16. The number of aromatic nitrogens is 2. The third kappa shape index (κ3) is 3.72. The zero-order chi connectivity index (χ0) is 12.0. The highest BCUT2D eigenvalue weighted by Gasteiger charge is 2.08. The lowest BCUT2D eigenvalue weighted by Crippen LogP contribution is -2.08. The summed E-state index contributed by atoms with van der Waals surface area (Å²) in [6.07, 6.45) is 0.750. The number of rotatable bonds is 6. The van der Waals surface area contributed by atoms with Crippen molar-refractivity contribution in [1.29, 1.82) is 0 Å². The van der Waals surface area contributed by atoms with Crippen LogP contribution in [0.4, 0.5) is 5.82 Å². The fraction of sp³-hybridized carbons (Fsp3) is 0.636. The summed E-state index contributed by atoms with van der Waals surface area (Å²) in [7, 11) is 0. The van der Waals surface area contributed by atoms with E-state index in [1.807, 2.05) is 20.8 Å². The van der Waals surface area contributed by atoms with Crippen LogP contribution in [0.1, 0.15) is 25.4 Å². The van der Waals surface area contributed by atoms with E-state index >= 15 is 0 Å². The van der Waals surface area contributed by atoms with E-state index in [1.165, 1.54) is 0 Å². The molecule has 0 spiro atoms. The summed E-state index contributed by atoms with van der Waals surface area (Å²) < 4.78 is 6.23. The van der Waals surface area contributed by atoms with Crippen LogP contribution >= 0.6 is 15.9 Å². The van der Waals surface area contributed by atoms with Crippen LogP contribution in [-0.2, 0) is 11.2 Å². The predicted octanol–water partition coefficient (Wildman–Crippen LogP) is 2.56. The van der Waals surface area contributed by atoms with Crippen LogP contribution in [0.15, 0.2) is 4.47 Å². The number of ether oxygens (including phenoxy) is 1. The minimum atomic E-state index is 0.670. The van der Waals surface area contributed by atoms with Crippen molar-refractivity contribution in [3.05, 3.63) is 16.0 Å². The van der Waals surface area contributed by atoms with E-state index in [0.717, 1.165) is 41.4 Å². The standard InChI is InChI=1S/C11H18BrN3O/c1-4-13-11-10(12)8(3)14-9(15-11)6-7-16-5-2/h4-7H2,1-3H3,(H,13,14,15). The van der Waals surface area contributed by atoms with E-state index in [1.54, 1.807) is 0 Å². The van der Waals surface area contributed by atoms with Crippen LogP contribution in [0.5, 0.6) is 0 Å². The third-order valence-corrected chi connectivity index (χ3v) is 3.03. The van der Waals surface area contributed by atoms with Gasteiger partial charge < -0.3 is 10.1 Å². The Morgan fingerprint density at radius 3 is 2.69 bits per heavy atom. The van der Waals surface area contributed by atoms with Gasteiger partial charge >= 0.3 is 0 Å². The Morgan fingerprint density at radius 2 is 2.06 bits per heavy atom. The number of hydrogen-bond donors (Lipinski definition) is 1. The number of hydrogen-bond acceptors (Lipinski definition) is 4. The van der Waals surface area contributed by atoms with E-state index in [0.29, 0.717) is 6.61 Å². The van der Waals surface area contributed by atoms with Gasteiger partial charge in [-0.3, -0.25) is 0 Å². The van der Waals surface area contributed by atoms with E-state index in [4.69, 9.17) is 4.74 Å². The highest BCUT2D eigenvalue weighted by Crippen LogP contribution is 2.22. The Bertz CT molecular complexity index is 344. The zero-order valence-electron chi connectivity index (χ0n) is 10.0. The van der Waals surface area contributed by atoms with Gasteiger partial charge in [-0.2, -0.15) is 0 Å². The predicted molar refractivity (Wildman–Crippen MR) is 68.8 cm³/mol. The summed E-state index contributed by atoms with van der Waals surface area (Å²) >= 11 is 3.48. The smallest absolute Gasteiger partial charge is 0.144 e. The Hall–Kier alpha value is -0.680. The molecule has 0 fully saturated rings. The molecular formula is C11H18BrN3O. The molecule has 0 radical (unpaired) electrons. The highest BCUT2D eigenvalue weighted by atomic mass is 79.9. The van der Waals surface area contributed by atoms with Crippen molar-refractivity contribution in [3.8, 4) is 0 Å². The van der Waals surface area contributed by atoms with E-state index in [-0.39, 0.29) is 0 Å². The summed E-state index contributed by atoms with van der Waals surface area (Å²) in [5, 5.41) is 3.21. The van der Waals surface area contributed by atoms with Gasteiger partial charge in [0.25, 0.3) is 0 Å². The lowest BCUT2D eigenvalue weighted by atomic mass is 10.3. The molecule has 0 bridgehead atoms. The maximum absolute atomic E-state index is 5.30. The van der Waals surface area contributed by atoms with Gasteiger partial charge in [0, 0.05) is 19.6 Å². The van der Waals surface area contributed by atoms with Crippen LogP contribution < -0.4 is 5.32 Å². The molecule has 0 aliphatic carbocycles. The molecule has 1 aromatic heterocycles. The first-order valence-electron chi connectivity index (χ1n) is 5.53. The van der Waals surface area contributed by atoms with Crippen molar-refractivity contribution in [2.75, 3.05) is 25.1 Å². The molecule has 0 aromatic carbocycles. The van der Waals surface area contributed by atoms with Crippen molar-refractivity contribution in [2.45, 2.75) is 27.2 Å². The van der Waals surface area contributed by atoms with Gasteiger partial charge in [-0.25, -0.2) is 9.97 Å². The van der Waals surface area contributed by atoms with E-state index < -0.39 is 0 Å². The summed E-state index contributed by atoms with van der Waals surface area (Å²) in [5.74, 6) is 1.69. The van der Waals surface area contributed by atoms with Gasteiger partial charge in [-0.1, -0.05) is 0 Å². The molecule has 0 saturated heterocycles. The second-order valence-electron chi connectivity index (χ2n) is 3.37. The van der Waals surface area contributed by atoms with Crippen LogP contribution in [0.2, 0.25) is 0 Å². The molecule has 1 heterocycles. The van der Waals surface area contributed by atoms with Gasteiger partial charge in [0.2, 0.25) is 0 Å². The summed E-state index contributed by atoms with van der Waals surface area (Å²) in [6, 6.07) is 0. The van der Waals surface area contributed by atoms with E-state index in [2.05, 4.69) is 31.2 Å². The molecule has 0 unspecified atom stereocenters. The SMILES string of the molecule is CCNc1nc(CCOCC)nc(C)c1Br. The quantitative estimate of drug-likeness (QED) is 0.817. The van der Waals surface area contributed by atoms with Crippen LogP contribution in [0.25, 0.3) is 0 Å². The Labute approximate surface area is 105 Å². The first-order chi connectivity index (χ1) is 7.69. The number of halogens is 1. The first kappa shape index (κ1) is 13.4. The molecule has 4 nitrogen and oxygen atoms in total. The highest BCUT2D eigenvalue weighted by molar-refractivity contribution is 9.10. The molecular weight excluding hydrogens is 270 g/mol. The third-order valence-electron chi connectivity index (χ3n) is 2.08. The van der Waals surface area contributed by atoms with Gasteiger partial charge in [0.05, 0.1) is 16.8 Å². The molecule has 0 aliphatic rings. The lowest BCUT2D eigenvalue weighted by molar-refractivity contribution is 0.149. The largest absolute Gasteiger partial charge is 0.381 e. The molecule has 1 rings (SSSR count). The van der Waals surface area contributed by atoms with Gasteiger partial charge in [0.1, 0.15) is 11.6 Å². The number of anilines is 1. The summed E-state index contributed by atoms with van der Waals surface area (Å²) in [6.45, 7) is 8.25. The molecule has 0 atom stereocenters. The fourth-order valence-electron chi connectivity index (χ4n) is 1.32. The maximum atomic E-state index is 5.30. The number of aryl methyl sites for hydroxylation is 1. The second kappa shape index (κ2) is 6.81.